The van der Waals surface area contributed by atoms with Gasteiger partial charge in [0.15, 0.2) is 17.0 Å². The molecule has 34 heavy (non-hydrogen) atoms. The Kier molecular flexibility index (Phi) is 5.06. The number of hydrogen-bond acceptors (Lipinski definition) is 7. The first-order valence-electron chi connectivity index (χ1n) is 10.6. The van der Waals surface area contributed by atoms with Gasteiger partial charge in [0, 0.05) is 25.4 Å². The summed E-state index contributed by atoms with van der Waals surface area (Å²) in [7, 11) is 0. The topological polar surface area (TPSA) is 114 Å². The molecule has 11 heteroatoms. The normalized spacial score (nSPS) is 25.0. The predicted octanol–water partition coefficient (Wildman–Crippen LogP) is 1.05. The molecular weight excluding hydrogens is 448 g/mol. The summed E-state index contributed by atoms with van der Waals surface area (Å²) in [4.78, 5) is 47.4. The Balaban J connectivity index is 1.69. The summed E-state index contributed by atoms with van der Waals surface area (Å²) in [5.74, 6) is 1.29. The minimum absolute atomic E-state index is 0.0438. The van der Waals surface area contributed by atoms with Crippen LogP contribution in [-0.4, -0.2) is 52.6 Å². The van der Waals surface area contributed by atoms with Gasteiger partial charge in [-0.2, -0.15) is 0 Å². The summed E-state index contributed by atoms with van der Waals surface area (Å²) < 4.78 is 36.5. The number of morpholine rings is 1. The van der Waals surface area contributed by atoms with E-state index >= 15 is 8.78 Å². The van der Waals surface area contributed by atoms with E-state index in [4.69, 9.17) is 4.74 Å². The minimum Gasteiger partial charge on any atom is -0.372 e. The number of carbonyl (C=O) groups excluding carboxylic acids is 3. The largest absolute Gasteiger partial charge is 0.372 e. The molecule has 2 saturated heterocycles. The molecule has 4 amide bonds. The summed E-state index contributed by atoms with van der Waals surface area (Å²) in [6.07, 6.45) is 2.90. The number of barbiturate groups is 1. The highest BCUT2D eigenvalue weighted by Gasteiger charge is 2.63. The number of urea groups is 1. The van der Waals surface area contributed by atoms with E-state index < -0.39 is 47.0 Å². The Bertz CT molecular complexity index is 1270. The molecule has 2 aromatic rings. The minimum atomic E-state index is -1.79. The van der Waals surface area contributed by atoms with E-state index in [1.807, 2.05) is 0 Å². The Hall–Kier alpha value is -3.91. The van der Waals surface area contributed by atoms with Crippen molar-refractivity contribution in [2.75, 3.05) is 11.4 Å². The molecule has 2 fully saturated rings. The van der Waals surface area contributed by atoms with E-state index in [1.165, 1.54) is 29.6 Å². The summed E-state index contributed by atoms with van der Waals surface area (Å²) in [5.41, 5.74) is -1.60. The van der Waals surface area contributed by atoms with Crippen molar-refractivity contribution in [3.8, 4) is 11.8 Å². The summed E-state index contributed by atoms with van der Waals surface area (Å²) >= 11 is 0. The SMILES string of the molecule is C[C@@H]1CN2c3c(cc(C#Cc4cnccn4)c(F)c3F)CC3(C(=O)NC(=O)NC3=O)[C@H]2[C@H](C)O1. The number of benzene rings is 1. The number of aromatic nitrogens is 2. The van der Waals surface area contributed by atoms with E-state index in [1.54, 1.807) is 13.8 Å². The third kappa shape index (κ3) is 3.21. The number of ether oxygens (including phenoxy) is 1. The molecule has 0 aliphatic carbocycles. The first-order valence-corrected chi connectivity index (χ1v) is 10.6. The van der Waals surface area contributed by atoms with Gasteiger partial charge in [-0.05, 0) is 31.4 Å². The van der Waals surface area contributed by atoms with Gasteiger partial charge in [-0.3, -0.25) is 25.2 Å². The smallest absolute Gasteiger partial charge is 0.328 e. The molecule has 0 radical (unpaired) electrons. The quantitative estimate of drug-likeness (QED) is 0.440. The number of imide groups is 2. The number of carbonyl (C=O) groups is 3. The Labute approximate surface area is 192 Å². The van der Waals surface area contributed by atoms with Gasteiger partial charge in [-0.15, -0.1) is 0 Å². The van der Waals surface area contributed by atoms with Crippen LogP contribution in [0.4, 0.5) is 19.3 Å². The first-order chi connectivity index (χ1) is 16.2. The maximum atomic E-state index is 15.5. The van der Waals surface area contributed by atoms with Crippen LogP contribution in [0.2, 0.25) is 0 Å². The average Bonchev–Trinajstić information content (AvgIpc) is 2.78. The van der Waals surface area contributed by atoms with Gasteiger partial charge in [-0.1, -0.05) is 5.92 Å². The number of amides is 4. The third-order valence-corrected chi connectivity index (χ3v) is 6.36. The van der Waals surface area contributed by atoms with Gasteiger partial charge in [0.1, 0.15) is 5.69 Å². The van der Waals surface area contributed by atoms with Gasteiger partial charge >= 0.3 is 6.03 Å². The zero-order valence-electron chi connectivity index (χ0n) is 18.2. The highest BCUT2D eigenvalue weighted by molar-refractivity contribution is 6.20. The fraction of sp³-hybridized carbons (Fsp3) is 0.348. The summed E-state index contributed by atoms with van der Waals surface area (Å²) in [6.45, 7) is 3.53. The number of fused-ring (bicyclic) bond motifs is 4. The number of hydrogen-bond donors (Lipinski definition) is 2. The maximum absolute atomic E-state index is 15.5. The van der Waals surface area contributed by atoms with Gasteiger partial charge in [0.05, 0.1) is 35.7 Å². The third-order valence-electron chi connectivity index (χ3n) is 6.36. The zero-order valence-corrected chi connectivity index (χ0v) is 18.2. The van der Waals surface area contributed by atoms with Crippen molar-refractivity contribution in [3.63, 3.8) is 0 Å². The van der Waals surface area contributed by atoms with Crippen LogP contribution in [0.3, 0.4) is 0 Å². The van der Waals surface area contributed by atoms with E-state index in [0.29, 0.717) is 0 Å². The number of anilines is 1. The molecular formula is C23H19F2N5O4. The molecule has 2 N–H and O–H groups in total. The second kappa shape index (κ2) is 7.85. The number of nitrogens with one attached hydrogen (secondary N) is 2. The molecule has 3 aliphatic rings. The molecule has 0 saturated carbocycles. The first kappa shape index (κ1) is 21.9. The van der Waals surface area contributed by atoms with E-state index in [0.717, 1.165) is 0 Å². The van der Waals surface area contributed by atoms with Crippen molar-refractivity contribution in [2.45, 2.75) is 38.5 Å². The lowest BCUT2D eigenvalue weighted by molar-refractivity contribution is -0.153. The fourth-order valence-electron chi connectivity index (χ4n) is 5.12. The van der Waals surface area contributed by atoms with Crippen LogP contribution < -0.4 is 15.5 Å². The van der Waals surface area contributed by atoms with Crippen LogP contribution in [0.1, 0.15) is 30.7 Å². The number of nitrogens with zero attached hydrogens (tertiary/aromatic N) is 3. The van der Waals surface area contributed by atoms with Crippen molar-refractivity contribution < 1.29 is 27.9 Å². The van der Waals surface area contributed by atoms with Crippen LogP contribution in [0, 0.1) is 28.9 Å². The van der Waals surface area contributed by atoms with Crippen LogP contribution in [0.5, 0.6) is 0 Å². The van der Waals surface area contributed by atoms with E-state index in [-0.39, 0.29) is 41.6 Å². The molecule has 3 atom stereocenters. The summed E-state index contributed by atoms with van der Waals surface area (Å²) in [6, 6.07) is -0.567. The molecule has 5 rings (SSSR count). The molecule has 1 aromatic heterocycles. The number of rotatable bonds is 0. The van der Waals surface area contributed by atoms with Crippen molar-refractivity contribution in [1.82, 2.24) is 20.6 Å². The van der Waals surface area contributed by atoms with Crippen LogP contribution in [0.15, 0.2) is 24.7 Å². The maximum Gasteiger partial charge on any atom is 0.328 e. The van der Waals surface area contributed by atoms with E-state index in [9.17, 15) is 14.4 Å². The standard InChI is InChI=1S/C23H19F2N5O4/c1-11-10-30-18-14(7-13(16(24)17(18)25)3-4-15-9-26-5-6-27-15)8-23(19(30)12(2)34-11)20(31)28-22(33)29-21(23)32/h5-7,9,11-12,19H,8,10H2,1-2H3,(H2,28,29,31,32,33)/t11-,12+,19-/m1/s1. The molecule has 9 nitrogen and oxygen atoms in total. The van der Waals surface area contributed by atoms with Gasteiger partial charge in [0.25, 0.3) is 0 Å². The fourth-order valence-corrected chi connectivity index (χ4v) is 5.12. The highest BCUT2D eigenvalue weighted by Crippen LogP contribution is 2.48. The Morgan fingerprint density at radius 3 is 2.53 bits per heavy atom. The Morgan fingerprint density at radius 2 is 1.85 bits per heavy atom. The van der Waals surface area contributed by atoms with Crippen LogP contribution in [0.25, 0.3) is 0 Å². The Morgan fingerprint density at radius 1 is 1.12 bits per heavy atom. The van der Waals surface area contributed by atoms with Gasteiger partial charge in [0.2, 0.25) is 11.8 Å². The summed E-state index contributed by atoms with van der Waals surface area (Å²) in [5, 5.41) is 4.30. The molecule has 1 aromatic carbocycles. The van der Waals surface area contributed by atoms with Crippen molar-refractivity contribution in [1.29, 1.82) is 0 Å². The lowest BCUT2D eigenvalue weighted by Crippen LogP contribution is -2.75. The molecule has 0 bridgehead atoms. The van der Waals surface area contributed by atoms with Crippen molar-refractivity contribution in [3.05, 3.63) is 53.1 Å². The predicted molar refractivity (Wildman–Crippen MR) is 113 cm³/mol. The number of halogens is 2. The monoisotopic (exact) mass is 467 g/mol. The van der Waals surface area contributed by atoms with Crippen LogP contribution in [-0.2, 0) is 20.7 Å². The van der Waals surface area contributed by atoms with Crippen LogP contribution >= 0.6 is 0 Å². The molecule has 4 heterocycles. The second-order valence-corrected chi connectivity index (χ2v) is 8.53. The average molecular weight is 467 g/mol. The van der Waals surface area contributed by atoms with Crippen molar-refractivity contribution >= 4 is 23.5 Å². The zero-order chi connectivity index (χ0) is 24.2. The lowest BCUT2D eigenvalue weighted by atomic mass is 9.66. The van der Waals surface area contributed by atoms with E-state index in [2.05, 4.69) is 32.4 Å². The molecule has 3 aliphatic heterocycles. The second-order valence-electron chi connectivity index (χ2n) is 8.53. The van der Waals surface area contributed by atoms with Crippen molar-refractivity contribution in [2.24, 2.45) is 5.41 Å². The molecule has 0 unspecified atom stereocenters. The molecule has 1 spiro atoms. The molecule has 174 valence electrons. The van der Waals surface area contributed by atoms with Gasteiger partial charge < -0.3 is 9.64 Å². The lowest BCUT2D eigenvalue weighted by Gasteiger charge is -2.55. The highest BCUT2D eigenvalue weighted by atomic mass is 19.2. The van der Waals surface area contributed by atoms with Gasteiger partial charge in [-0.25, -0.2) is 18.6 Å².